The Morgan fingerprint density at radius 2 is 2.17 bits per heavy atom. The molecule has 0 unspecified atom stereocenters. The molecule has 2 heterocycles. The third-order valence-corrected chi connectivity index (χ3v) is 3.59. The maximum absolute atomic E-state index is 13.9. The Balaban J connectivity index is 1.94. The molecule has 8 heteroatoms. The number of nitrogen functional groups attached to an aromatic ring is 1. The lowest BCUT2D eigenvalue weighted by molar-refractivity contribution is 0.101. The number of rotatable bonds is 4. The standard InChI is InChI=1S/C16H15F2N5O/c1-2-3-12-9-6-8(7-20-15(9)23-22-12)21-16(24)13-10(17)4-5-11(19)14(13)18/h4-7H,2-3,19H2,1H3,(H,21,24)(H,20,22,23). The Kier molecular flexibility index (Phi) is 4.11. The summed E-state index contributed by atoms with van der Waals surface area (Å²) in [6, 6.07) is 3.68. The summed E-state index contributed by atoms with van der Waals surface area (Å²) >= 11 is 0. The van der Waals surface area contributed by atoms with Gasteiger partial charge in [-0.15, -0.1) is 0 Å². The van der Waals surface area contributed by atoms with Gasteiger partial charge in [0, 0.05) is 11.1 Å². The zero-order valence-corrected chi connectivity index (χ0v) is 12.9. The number of carbonyl (C=O) groups excluding carboxylic acids is 1. The van der Waals surface area contributed by atoms with Crippen molar-refractivity contribution in [2.75, 3.05) is 11.1 Å². The van der Waals surface area contributed by atoms with Crippen LogP contribution in [0.2, 0.25) is 0 Å². The summed E-state index contributed by atoms with van der Waals surface area (Å²) in [6.45, 7) is 2.02. The molecule has 3 rings (SSSR count). The molecule has 0 bridgehead atoms. The zero-order chi connectivity index (χ0) is 17.3. The van der Waals surface area contributed by atoms with Gasteiger partial charge in [-0.05, 0) is 24.6 Å². The van der Waals surface area contributed by atoms with Gasteiger partial charge in [-0.1, -0.05) is 13.3 Å². The first-order valence-corrected chi connectivity index (χ1v) is 7.39. The predicted octanol–water partition coefficient (Wildman–Crippen LogP) is 3.02. The van der Waals surface area contributed by atoms with E-state index in [-0.39, 0.29) is 5.69 Å². The number of hydrogen-bond acceptors (Lipinski definition) is 4. The molecule has 6 nitrogen and oxygen atoms in total. The van der Waals surface area contributed by atoms with Crippen LogP contribution >= 0.6 is 0 Å². The van der Waals surface area contributed by atoms with Crippen molar-refractivity contribution < 1.29 is 13.6 Å². The maximum Gasteiger partial charge on any atom is 0.261 e. The highest BCUT2D eigenvalue weighted by Crippen LogP contribution is 2.22. The smallest absolute Gasteiger partial charge is 0.261 e. The molecular formula is C16H15F2N5O. The fraction of sp³-hybridized carbons (Fsp3) is 0.188. The van der Waals surface area contributed by atoms with E-state index in [1.807, 2.05) is 6.92 Å². The van der Waals surface area contributed by atoms with E-state index in [9.17, 15) is 13.6 Å². The van der Waals surface area contributed by atoms with Crippen molar-refractivity contribution in [2.45, 2.75) is 19.8 Å². The summed E-state index contributed by atoms with van der Waals surface area (Å²) in [5, 5.41) is 10.2. The minimum atomic E-state index is -1.09. The van der Waals surface area contributed by atoms with E-state index in [4.69, 9.17) is 5.73 Å². The van der Waals surface area contributed by atoms with Crippen molar-refractivity contribution in [1.82, 2.24) is 15.2 Å². The van der Waals surface area contributed by atoms with Crippen LogP contribution < -0.4 is 11.1 Å². The van der Waals surface area contributed by atoms with Crippen molar-refractivity contribution in [3.8, 4) is 0 Å². The number of halogens is 2. The molecule has 0 aliphatic heterocycles. The molecule has 3 aromatic rings. The summed E-state index contributed by atoms with van der Waals surface area (Å²) in [5.41, 5.74) is 6.08. The summed E-state index contributed by atoms with van der Waals surface area (Å²) in [5.74, 6) is -3.00. The monoisotopic (exact) mass is 331 g/mol. The van der Waals surface area contributed by atoms with E-state index in [0.29, 0.717) is 11.3 Å². The average Bonchev–Trinajstić information content (AvgIpc) is 2.94. The van der Waals surface area contributed by atoms with Crippen LogP contribution in [0.1, 0.15) is 29.4 Å². The minimum absolute atomic E-state index is 0.296. The van der Waals surface area contributed by atoms with Crippen LogP contribution in [-0.4, -0.2) is 21.1 Å². The van der Waals surface area contributed by atoms with Crippen LogP contribution in [0.5, 0.6) is 0 Å². The van der Waals surface area contributed by atoms with Gasteiger partial charge in [0.2, 0.25) is 0 Å². The van der Waals surface area contributed by atoms with Crippen molar-refractivity contribution in [2.24, 2.45) is 0 Å². The highest BCUT2D eigenvalue weighted by atomic mass is 19.1. The van der Waals surface area contributed by atoms with Crippen LogP contribution in [-0.2, 0) is 6.42 Å². The highest BCUT2D eigenvalue weighted by molar-refractivity contribution is 6.05. The summed E-state index contributed by atoms with van der Waals surface area (Å²) in [4.78, 5) is 16.3. The Bertz CT molecular complexity index is 922. The molecule has 0 saturated heterocycles. The number of aryl methyl sites for hydroxylation is 1. The molecule has 0 saturated carbocycles. The number of hydrogen-bond donors (Lipinski definition) is 3. The first kappa shape index (κ1) is 15.9. The molecule has 0 radical (unpaired) electrons. The molecule has 0 fully saturated rings. The number of nitrogens with two attached hydrogens (primary N) is 1. The number of carbonyl (C=O) groups is 1. The first-order chi connectivity index (χ1) is 11.5. The van der Waals surface area contributed by atoms with Gasteiger partial charge in [0.1, 0.15) is 11.4 Å². The van der Waals surface area contributed by atoms with Gasteiger partial charge >= 0.3 is 0 Å². The quantitative estimate of drug-likeness (QED) is 0.640. The molecular weight excluding hydrogens is 316 g/mol. The van der Waals surface area contributed by atoms with Gasteiger partial charge in [-0.2, -0.15) is 5.10 Å². The van der Waals surface area contributed by atoms with Crippen molar-refractivity contribution in [3.05, 3.63) is 47.3 Å². The number of amides is 1. The van der Waals surface area contributed by atoms with Crippen LogP contribution in [0.25, 0.3) is 11.0 Å². The van der Waals surface area contributed by atoms with E-state index in [1.54, 1.807) is 6.07 Å². The maximum atomic E-state index is 13.9. The van der Waals surface area contributed by atoms with Gasteiger partial charge in [-0.3, -0.25) is 9.89 Å². The van der Waals surface area contributed by atoms with E-state index in [2.05, 4.69) is 20.5 Å². The van der Waals surface area contributed by atoms with E-state index >= 15 is 0 Å². The number of nitrogens with one attached hydrogen (secondary N) is 2. The van der Waals surface area contributed by atoms with Gasteiger partial charge in [0.15, 0.2) is 11.5 Å². The molecule has 2 aromatic heterocycles. The topological polar surface area (TPSA) is 96.7 Å². The number of benzene rings is 1. The molecule has 0 aliphatic rings. The van der Waals surface area contributed by atoms with Crippen LogP contribution in [0, 0.1) is 11.6 Å². The lowest BCUT2D eigenvalue weighted by Gasteiger charge is -2.08. The second kappa shape index (κ2) is 6.23. The van der Waals surface area contributed by atoms with E-state index < -0.39 is 23.1 Å². The number of aromatic nitrogens is 3. The summed E-state index contributed by atoms with van der Waals surface area (Å²) in [7, 11) is 0. The molecule has 0 atom stereocenters. The largest absolute Gasteiger partial charge is 0.396 e. The number of fused-ring (bicyclic) bond motifs is 1. The number of aromatic amines is 1. The second-order valence-corrected chi connectivity index (χ2v) is 5.33. The molecule has 4 N–H and O–H groups in total. The second-order valence-electron chi connectivity index (χ2n) is 5.33. The van der Waals surface area contributed by atoms with Crippen molar-refractivity contribution in [1.29, 1.82) is 0 Å². The zero-order valence-electron chi connectivity index (χ0n) is 12.9. The lowest BCUT2D eigenvalue weighted by atomic mass is 10.1. The van der Waals surface area contributed by atoms with Gasteiger partial charge in [0.05, 0.1) is 17.6 Å². The molecule has 1 aromatic carbocycles. The van der Waals surface area contributed by atoms with Crippen LogP contribution in [0.15, 0.2) is 24.4 Å². The molecule has 124 valence electrons. The third-order valence-electron chi connectivity index (χ3n) is 3.59. The van der Waals surface area contributed by atoms with Crippen molar-refractivity contribution >= 4 is 28.3 Å². The normalized spacial score (nSPS) is 11.0. The Hall–Kier alpha value is -3.03. The highest BCUT2D eigenvalue weighted by Gasteiger charge is 2.20. The fourth-order valence-corrected chi connectivity index (χ4v) is 2.43. The number of anilines is 2. The van der Waals surface area contributed by atoms with Crippen LogP contribution in [0.3, 0.4) is 0 Å². The van der Waals surface area contributed by atoms with E-state index in [0.717, 1.165) is 36.1 Å². The minimum Gasteiger partial charge on any atom is -0.396 e. The predicted molar refractivity (Wildman–Crippen MR) is 86.6 cm³/mol. The average molecular weight is 331 g/mol. The first-order valence-electron chi connectivity index (χ1n) is 7.39. The molecule has 0 aliphatic carbocycles. The van der Waals surface area contributed by atoms with Gasteiger partial charge in [-0.25, -0.2) is 13.8 Å². The van der Waals surface area contributed by atoms with Gasteiger partial charge in [0.25, 0.3) is 5.91 Å². The Morgan fingerprint density at radius 3 is 2.92 bits per heavy atom. The molecule has 0 spiro atoms. The number of nitrogens with zero attached hydrogens (tertiary/aromatic N) is 2. The van der Waals surface area contributed by atoms with Crippen LogP contribution in [0.4, 0.5) is 20.2 Å². The molecule has 1 amide bonds. The lowest BCUT2D eigenvalue weighted by Crippen LogP contribution is -2.17. The van der Waals surface area contributed by atoms with Gasteiger partial charge < -0.3 is 11.1 Å². The number of pyridine rings is 1. The fourth-order valence-electron chi connectivity index (χ4n) is 2.43. The van der Waals surface area contributed by atoms with Crippen molar-refractivity contribution in [3.63, 3.8) is 0 Å². The summed E-state index contributed by atoms with van der Waals surface area (Å²) in [6.07, 6.45) is 3.06. The van der Waals surface area contributed by atoms with E-state index in [1.165, 1.54) is 6.20 Å². The Morgan fingerprint density at radius 1 is 1.38 bits per heavy atom. The molecule has 24 heavy (non-hydrogen) atoms. The summed E-state index contributed by atoms with van der Waals surface area (Å²) < 4.78 is 27.7. The third kappa shape index (κ3) is 2.78. The number of H-pyrrole nitrogens is 1. The Labute approximate surface area is 136 Å². The SMILES string of the molecule is CCCc1[nH]nc2ncc(NC(=O)c3c(F)ccc(N)c3F)cc12.